The molecule has 3 aromatic carbocycles. The predicted molar refractivity (Wildman–Crippen MR) is 175 cm³/mol. The van der Waals surface area contributed by atoms with Crippen molar-refractivity contribution in [2.75, 3.05) is 31.6 Å². The van der Waals surface area contributed by atoms with E-state index in [0.717, 1.165) is 58.2 Å². The van der Waals surface area contributed by atoms with Crippen LogP contribution >= 0.6 is 0 Å². The fraction of sp³-hybridized carbons (Fsp3) is 0.462. The van der Waals surface area contributed by atoms with Gasteiger partial charge in [0.25, 0.3) is 0 Å². The van der Waals surface area contributed by atoms with Crippen molar-refractivity contribution >= 4 is 23.2 Å². The largest absolute Gasteiger partial charge is 0.341 e. The summed E-state index contributed by atoms with van der Waals surface area (Å²) in [5, 5.41) is 0. The second-order valence-electron chi connectivity index (χ2n) is 13.7. The molecule has 1 aliphatic heterocycles. The zero-order valence-corrected chi connectivity index (χ0v) is 25.5. The fourth-order valence-corrected chi connectivity index (χ4v) is 9.05. The van der Waals surface area contributed by atoms with Crippen LogP contribution in [0.1, 0.15) is 79.2 Å². The van der Waals surface area contributed by atoms with Crippen LogP contribution < -0.4 is 4.90 Å². The number of likely N-dealkylation sites (N-methyl/N-ethyl adjacent to an activating group) is 1. The molecular weight excluding hydrogens is 512 g/mol. The number of fused-ring (bicyclic) bond motifs is 7. The summed E-state index contributed by atoms with van der Waals surface area (Å²) in [6.07, 6.45) is 14.6. The van der Waals surface area contributed by atoms with Crippen LogP contribution in [-0.4, -0.2) is 37.4 Å². The van der Waals surface area contributed by atoms with Crippen molar-refractivity contribution in [3.63, 3.8) is 0 Å². The molecule has 2 saturated carbocycles. The van der Waals surface area contributed by atoms with Gasteiger partial charge in [0.05, 0.1) is 0 Å². The third-order valence-corrected chi connectivity index (χ3v) is 11.3. The van der Waals surface area contributed by atoms with Gasteiger partial charge in [-0.1, -0.05) is 73.7 Å². The molecular formula is C39H46N2O. The Labute approximate surface area is 252 Å². The molecule has 3 nitrogen and oxygen atoms in total. The molecule has 3 heteroatoms. The second kappa shape index (κ2) is 11.5. The van der Waals surface area contributed by atoms with Gasteiger partial charge in [-0.25, -0.2) is 0 Å². The van der Waals surface area contributed by atoms with Crippen molar-refractivity contribution in [1.29, 1.82) is 0 Å². The smallest absolute Gasteiger partial charge is 0.139 e. The topological polar surface area (TPSA) is 23.6 Å². The molecule has 0 radical (unpaired) electrons. The average molecular weight is 559 g/mol. The van der Waals surface area contributed by atoms with Crippen LogP contribution in [0.25, 0.3) is 6.08 Å². The van der Waals surface area contributed by atoms with E-state index in [1.807, 2.05) is 0 Å². The number of hydrogen-bond donors (Lipinski definition) is 0. The minimum absolute atomic E-state index is 0.0323. The van der Waals surface area contributed by atoms with E-state index in [-0.39, 0.29) is 5.41 Å². The van der Waals surface area contributed by atoms with Crippen molar-refractivity contribution < 1.29 is 4.79 Å². The van der Waals surface area contributed by atoms with Gasteiger partial charge in [-0.2, -0.15) is 0 Å². The Bertz CT molecular complexity index is 1440. The highest BCUT2D eigenvalue weighted by molar-refractivity contribution is 5.87. The first-order valence-electron chi connectivity index (χ1n) is 16.5. The van der Waals surface area contributed by atoms with Gasteiger partial charge >= 0.3 is 0 Å². The summed E-state index contributed by atoms with van der Waals surface area (Å²) in [7, 11) is 2.24. The molecule has 0 amide bonds. The summed E-state index contributed by atoms with van der Waals surface area (Å²) < 4.78 is 0. The van der Waals surface area contributed by atoms with Crippen molar-refractivity contribution in [3.8, 4) is 0 Å². The standard InChI is InChI=1S/C39H46N2O/c1-39-23-22-33-32-18-14-28(27-31(32)17-19-34(33)35(39)20-21-38(39)42)9-7-24-40(2)25-8-26-41-36-12-5-3-10-29(36)15-16-30-11-4-6-13-37(30)41/h3-7,9-14,18,27,33-35H,8,15-17,19-26H2,1-2H3/b9-7+/t33-,34-,35+,39+/m1/s1. The van der Waals surface area contributed by atoms with Crippen LogP contribution in [0, 0.1) is 17.3 Å². The van der Waals surface area contributed by atoms with Gasteiger partial charge in [0.1, 0.15) is 5.78 Å². The molecule has 7 rings (SSSR count). The van der Waals surface area contributed by atoms with Crippen LogP contribution in [0.5, 0.6) is 0 Å². The molecule has 0 N–H and O–H groups in total. The number of ketones is 1. The van der Waals surface area contributed by atoms with Crippen molar-refractivity contribution in [3.05, 3.63) is 101 Å². The molecule has 4 aliphatic rings. The lowest BCUT2D eigenvalue weighted by molar-refractivity contribution is -0.129. The minimum Gasteiger partial charge on any atom is -0.341 e. The molecule has 0 saturated heterocycles. The van der Waals surface area contributed by atoms with Crippen LogP contribution in [0.4, 0.5) is 11.4 Å². The van der Waals surface area contributed by atoms with E-state index >= 15 is 0 Å². The van der Waals surface area contributed by atoms with E-state index in [0.29, 0.717) is 23.5 Å². The monoisotopic (exact) mass is 558 g/mol. The molecule has 0 bridgehead atoms. The normalized spacial score (nSPS) is 26.4. The summed E-state index contributed by atoms with van der Waals surface area (Å²) in [6, 6.07) is 25.1. The SMILES string of the molecule is CN(C/C=C/c1ccc2c(c1)CC[C@@H]1[C@@H]2CC[C@]2(C)C(=O)CC[C@@H]12)CCCN1c2ccccc2CCc2ccccc21. The highest BCUT2D eigenvalue weighted by Gasteiger charge is 2.54. The highest BCUT2D eigenvalue weighted by atomic mass is 16.1. The lowest BCUT2D eigenvalue weighted by atomic mass is 9.55. The average Bonchev–Trinajstić information content (AvgIpc) is 3.22. The molecule has 0 unspecified atom stereocenters. The molecule has 218 valence electrons. The first-order valence-corrected chi connectivity index (χ1v) is 16.5. The molecule has 0 spiro atoms. The number of hydrogen-bond acceptors (Lipinski definition) is 3. The summed E-state index contributed by atoms with van der Waals surface area (Å²) in [6.45, 7) is 5.34. The summed E-state index contributed by atoms with van der Waals surface area (Å²) in [4.78, 5) is 17.7. The summed E-state index contributed by atoms with van der Waals surface area (Å²) >= 11 is 0. The Morgan fingerprint density at radius 1 is 0.881 bits per heavy atom. The maximum atomic E-state index is 12.7. The number of carbonyl (C=O) groups is 1. The number of anilines is 2. The van der Waals surface area contributed by atoms with E-state index in [1.165, 1.54) is 47.3 Å². The van der Waals surface area contributed by atoms with Crippen molar-refractivity contribution in [2.45, 2.75) is 70.6 Å². The highest BCUT2D eigenvalue weighted by Crippen LogP contribution is 2.59. The number of carbonyl (C=O) groups excluding carboxylic acids is 1. The Hall–Kier alpha value is -3.17. The quantitative estimate of drug-likeness (QED) is 0.291. The first kappa shape index (κ1) is 27.7. The van der Waals surface area contributed by atoms with Crippen LogP contribution in [0.15, 0.2) is 72.8 Å². The van der Waals surface area contributed by atoms with Crippen LogP contribution in [0.2, 0.25) is 0 Å². The Balaban J connectivity index is 0.954. The Morgan fingerprint density at radius 2 is 1.62 bits per heavy atom. The van der Waals surface area contributed by atoms with Gasteiger partial charge in [0.2, 0.25) is 0 Å². The van der Waals surface area contributed by atoms with Crippen LogP contribution in [-0.2, 0) is 24.1 Å². The number of benzene rings is 3. The third kappa shape index (κ3) is 5.04. The lowest BCUT2D eigenvalue weighted by Crippen LogP contribution is -2.42. The second-order valence-corrected chi connectivity index (χ2v) is 13.7. The molecule has 3 aliphatic carbocycles. The van der Waals surface area contributed by atoms with E-state index in [4.69, 9.17) is 0 Å². The van der Waals surface area contributed by atoms with Gasteiger partial charge in [0, 0.05) is 36.3 Å². The zero-order valence-electron chi connectivity index (χ0n) is 25.5. The van der Waals surface area contributed by atoms with Gasteiger partial charge < -0.3 is 9.80 Å². The molecule has 4 atom stereocenters. The van der Waals surface area contributed by atoms with Crippen LogP contribution in [0.3, 0.4) is 0 Å². The first-order chi connectivity index (χ1) is 20.5. The third-order valence-electron chi connectivity index (χ3n) is 11.3. The minimum atomic E-state index is -0.0323. The Morgan fingerprint density at radius 3 is 2.38 bits per heavy atom. The molecule has 0 aromatic heterocycles. The number of rotatable bonds is 7. The maximum Gasteiger partial charge on any atom is 0.139 e. The van der Waals surface area contributed by atoms with Crippen molar-refractivity contribution in [2.24, 2.45) is 17.3 Å². The van der Waals surface area contributed by atoms with Gasteiger partial charge in [-0.15, -0.1) is 0 Å². The van der Waals surface area contributed by atoms with E-state index in [1.54, 1.807) is 11.1 Å². The zero-order chi connectivity index (χ0) is 28.7. The number of aryl methyl sites for hydroxylation is 3. The summed E-state index contributed by atoms with van der Waals surface area (Å²) in [5.74, 6) is 2.51. The van der Waals surface area contributed by atoms with E-state index < -0.39 is 0 Å². The van der Waals surface area contributed by atoms with E-state index in [9.17, 15) is 4.79 Å². The molecule has 1 heterocycles. The lowest BCUT2D eigenvalue weighted by Gasteiger charge is -2.48. The molecule has 3 aromatic rings. The number of Topliss-reactive ketones (excluding diaryl/α,β-unsaturated/α-hetero) is 1. The predicted octanol–water partition coefficient (Wildman–Crippen LogP) is 8.38. The number of nitrogens with zero attached hydrogens (tertiary/aromatic N) is 2. The number of para-hydroxylation sites is 2. The fourth-order valence-electron chi connectivity index (χ4n) is 9.05. The van der Waals surface area contributed by atoms with Crippen molar-refractivity contribution in [1.82, 2.24) is 4.90 Å². The molecule has 2 fully saturated rings. The van der Waals surface area contributed by atoms with Gasteiger partial charge in [-0.3, -0.25) is 4.79 Å². The van der Waals surface area contributed by atoms with Gasteiger partial charge in [-0.05, 0) is 123 Å². The summed E-state index contributed by atoms with van der Waals surface area (Å²) in [5.41, 5.74) is 10.1. The van der Waals surface area contributed by atoms with E-state index in [2.05, 4.69) is 103 Å². The van der Waals surface area contributed by atoms with Gasteiger partial charge in [0.15, 0.2) is 0 Å². The Kier molecular flexibility index (Phi) is 7.56. The maximum absolute atomic E-state index is 12.7. The molecule has 42 heavy (non-hydrogen) atoms.